The Hall–Kier alpha value is -2.67. The number of amides is 2. The SMILES string of the molecule is NNc1cc(C(=O)NCC(N)=O)c2ccccc2n1. The van der Waals surface area contributed by atoms with Gasteiger partial charge in [-0.2, -0.15) is 0 Å². The van der Waals surface area contributed by atoms with E-state index in [0.717, 1.165) is 0 Å². The Morgan fingerprint density at radius 1 is 1.26 bits per heavy atom. The van der Waals surface area contributed by atoms with Gasteiger partial charge in [0.2, 0.25) is 5.91 Å². The topological polar surface area (TPSA) is 123 Å². The predicted molar refractivity (Wildman–Crippen MR) is 71.1 cm³/mol. The van der Waals surface area contributed by atoms with Gasteiger partial charge in [-0.15, -0.1) is 0 Å². The number of hydrogen-bond donors (Lipinski definition) is 4. The summed E-state index contributed by atoms with van der Waals surface area (Å²) in [7, 11) is 0. The van der Waals surface area contributed by atoms with Crippen LogP contribution in [-0.4, -0.2) is 23.3 Å². The lowest BCUT2D eigenvalue weighted by atomic mass is 10.1. The molecule has 0 unspecified atom stereocenters. The lowest BCUT2D eigenvalue weighted by molar-refractivity contribution is -0.117. The van der Waals surface area contributed by atoms with E-state index in [1.165, 1.54) is 6.07 Å². The third-order valence-corrected chi connectivity index (χ3v) is 2.53. The number of fused-ring (bicyclic) bond motifs is 1. The highest BCUT2D eigenvalue weighted by molar-refractivity contribution is 6.07. The van der Waals surface area contributed by atoms with Gasteiger partial charge in [0, 0.05) is 5.39 Å². The van der Waals surface area contributed by atoms with E-state index in [4.69, 9.17) is 11.6 Å². The largest absolute Gasteiger partial charge is 0.368 e. The van der Waals surface area contributed by atoms with Crippen molar-refractivity contribution in [2.45, 2.75) is 0 Å². The summed E-state index contributed by atoms with van der Waals surface area (Å²) in [5, 5.41) is 3.10. The van der Waals surface area contributed by atoms with Crippen LogP contribution in [0.2, 0.25) is 0 Å². The second-order valence-corrected chi connectivity index (χ2v) is 3.87. The average molecular weight is 259 g/mol. The molecule has 1 heterocycles. The highest BCUT2D eigenvalue weighted by atomic mass is 16.2. The molecular formula is C12H13N5O2. The smallest absolute Gasteiger partial charge is 0.252 e. The zero-order valence-corrected chi connectivity index (χ0v) is 10.0. The fourth-order valence-corrected chi connectivity index (χ4v) is 1.70. The van der Waals surface area contributed by atoms with Gasteiger partial charge in [0.05, 0.1) is 17.6 Å². The molecule has 7 nitrogen and oxygen atoms in total. The molecule has 0 aliphatic carbocycles. The maximum Gasteiger partial charge on any atom is 0.252 e. The van der Waals surface area contributed by atoms with E-state index >= 15 is 0 Å². The number of nitrogens with zero attached hydrogens (tertiary/aromatic N) is 1. The molecule has 0 aliphatic rings. The van der Waals surface area contributed by atoms with E-state index in [1.807, 2.05) is 0 Å². The van der Waals surface area contributed by atoms with Gasteiger partial charge >= 0.3 is 0 Å². The summed E-state index contributed by atoms with van der Waals surface area (Å²) in [6.07, 6.45) is 0. The number of carbonyl (C=O) groups is 2. The first kappa shape index (κ1) is 12.8. The first-order chi connectivity index (χ1) is 9.11. The van der Waals surface area contributed by atoms with Gasteiger partial charge in [0.25, 0.3) is 5.91 Å². The summed E-state index contributed by atoms with van der Waals surface area (Å²) in [6, 6.07) is 8.65. The van der Waals surface area contributed by atoms with Crippen LogP contribution in [0.4, 0.5) is 5.82 Å². The second-order valence-electron chi connectivity index (χ2n) is 3.87. The molecule has 2 aromatic rings. The Morgan fingerprint density at radius 3 is 2.68 bits per heavy atom. The van der Waals surface area contributed by atoms with Crippen LogP contribution in [0, 0.1) is 0 Å². The molecule has 6 N–H and O–H groups in total. The number of aromatic nitrogens is 1. The van der Waals surface area contributed by atoms with Crippen molar-refractivity contribution in [1.82, 2.24) is 10.3 Å². The van der Waals surface area contributed by atoms with Crippen LogP contribution in [0.15, 0.2) is 30.3 Å². The molecular weight excluding hydrogens is 246 g/mol. The van der Waals surface area contributed by atoms with Gasteiger partial charge in [-0.1, -0.05) is 18.2 Å². The first-order valence-corrected chi connectivity index (χ1v) is 5.54. The number of para-hydroxylation sites is 1. The Kier molecular flexibility index (Phi) is 3.58. The number of hydrogen-bond acceptors (Lipinski definition) is 5. The molecule has 0 bridgehead atoms. The number of benzene rings is 1. The number of rotatable bonds is 4. The Balaban J connectivity index is 2.45. The fourth-order valence-electron chi connectivity index (χ4n) is 1.70. The Labute approximate surface area is 109 Å². The number of nitrogens with two attached hydrogens (primary N) is 2. The van der Waals surface area contributed by atoms with Crippen molar-refractivity contribution in [3.8, 4) is 0 Å². The van der Waals surface area contributed by atoms with E-state index in [9.17, 15) is 9.59 Å². The molecule has 0 aliphatic heterocycles. The zero-order chi connectivity index (χ0) is 13.8. The Morgan fingerprint density at radius 2 is 2.00 bits per heavy atom. The minimum absolute atomic E-state index is 0.221. The number of anilines is 1. The van der Waals surface area contributed by atoms with Crippen molar-refractivity contribution >= 4 is 28.5 Å². The summed E-state index contributed by atoms with van der Waals surface area (Å²) in [4.78, 5) is 26.9. The molecule has 0 atom stereocenters. The molecule has 2 rings (SSSR count). The van der Waals surface area contributed by atoms with Gasteiger partial charge in [-0.05, 0) is 12.1 Å². The molecule has 0 saturated heterocycles. The van der Waals surface area contributed by atoms with Crippen molar-refractivity contribution in [3.05, 3.63) is 35.9 Å². The van der Waals surface area contributed by atoms with E-state index in [2.05, 4.69) is 15.7 Å². The van der Waals surface area contributed by atoms with Crippen molar-refractivity contribution in [3.63, 3.8) is 0 Å². The standard InChI is InChI=1S/C12H13N5O2/c13-10(18)6-15-12(19)8-5-11(17-14)16-9-4-2-1-3-7(8)9/h1-5H,6,14H2,(H2,13,18)(H,15,19)(H,16,17). The highest BCUT2D eigenvalue weighted by Gasteiger charge is 2.12. The first-order valence-electron chi connectivity index (χ1n) is 5.54. The van der Waals surface area contributed by atoms with Crippen molar-refractivity contribution in [2.75, 3.05) is 12.0 Å². The van der Waals surface area contributed by atoms with E-state index in [1.54, 1.807) is 24.3 Å². The quantitative estimate of drug-likeness (QED) is 0.445. The second kappa shape index (κ2) is 5.32. The third-order valence-electron chi connectivity index (χ3n) is 2.53. The molecule has 7 heteroatoms. The van der Waals surface area contributed by atoms with Crippen molar-refractivity contribution in [1.29, 1.82) is 0 Å². The minimum atomic E-state index is -0.608. The maximum atomic E-state index is 12.0. The lowest BCUT2D eigenvalue weighted by Crippen LogP contribution is -2.33. The molecule has 1 aromatic heterocycles. The van der Waals surface area contributed by atoms with Gasteiger partial charge in [-0.3, -0.25) is 9.59 Å². The van der Waals surface area contributed by atoms with Crippen LogP contribution in [0.3, 0.4) is 0 Å². The fraction of sp³-hybridized carbons (Fsp3) is 0.0833. The van der Waals surface area contributed by atoms with Crippen LogP contribution in [-0.2, 0) is 4.79 Å². The zero-order valence-electron chi connectivity index (χ0n) is 10.0. The van der Waals surface area contributed by atoms with Crippen LogP contribution in [0.5, 0.6) is 0 Å². The van der Waals surface area contributed by atoms with Crippen LogP contribution in [0.25, 0.3) is 10.9 Å². The number of nitrogen functional groups attached to an aromatic ring is 1. The molecule has 2 amide bonds. The number of carbonyl (C=O) groups excluding carboxylic acids is 2. The van der Waals surface area contributed by atoms with Crippen LogP contribution in [0.1, 0.15) is 10.4 Å². The molecule has 1 aromatic carbocycles. The lowest BCUT2D eigenvalue weighted by Gasteiger charge is -2.09. The molecule has 0 saturated carbocycles. The van der Waals surface area contributed by atoms with E-state index in [0.29, 0.717) is 22.3 Å². The summed E-state index contributed by atoms with van der Waals surface area (Å²) < 4.78 is 0. The number of nitrogens with one attached hydrogen (secondary N) is 2. The van der Waals surface area contributed by atoms with Gasteiger partial charge in [0.15, 0.2) is 0 Å². The molecule has 0 fully saturated rings. The molecule has 19 heavy (non-hydrogen) atoms. The van der Waals surface area contributed by atoms with E-state index in [-0.39, 0.29) is 6.54 Å². The molecule has 0 radical (unpaired) electrons. The molecule has 0 spiro atoms. The number of pyridine rings is 1. The van der Waals surface area contributed by atoms with Gasteiger partial charge in [0.1, 0.15) is 5.82 Å². The average Bonchev–Trinajstić information content (AvgIpc) is 2.43. The van der Waals surface area contributed by atoms with Gasteiger partial charge in [-0.25, -0.2) is 10.8 Å². The molecule has 98 valence electrons. The monoisotopic (exact) mass is 259 g/mol. The normalized spacial score (nSPS) is 10.2. The maximum absolute atomic E-state index is 12.0. The van der Waals surface area contributed by atoms with Gasteiger partial charge < -0.3 is 16.5 Å². The van der Waals surface area contributed by atoms with Crippen molar-refractivity contribution in [2.24, 2.45) is 11.6 Å². The van der Waals surface area contributed by atoms with Crippen LogP contribution >= 0.6 is 0 Å². The summed E-state index contributed by atoms with van der Waals surface area (Å²) in [6.45, 7) is -0.221. The summed E-state index contributed by atoms with van der Waals surface area (Å²) >= 11 is 0. The summed E-state index contributed by atoms with van der Waals surface area (Å²) in [5.74, 6) is 4.66. The highest BCUT2D eigenvalue weighted by Crippen LogP contribution is 2.20. The Bertz CT molecular complexity index is 641. The van der Waals surface area contributed by atoms with Crippen molar-refractivity contribution < 1.29 is 9.59 Å². The third kappa shape index (κ3) is 2.78. The number of hydrazine groups is 1. The van der Waals surface area contributed by atoms with E-state index < -0.39 is 11.8 Å². The predicted octanol–water partition coefficient (Wildman–Crippen LogP) is -0.264. The van der Waals surface area contributed by atoms with Crippen LogP contribution < -0.4 is 22.3 Å². The minimum Gasteiger partial charge on any atom is -0.368 e. The summed E-state index contributed by atoms with van der Waals surface area (Å²) in [5.41, 5.74) is 8.39. The number of primary amides is 1.